The minimum atomic E-state index is -0.314. The van der Waals surface area contributed by atoms with Crippen LogP contribution in [-0.4, -0.2) is 16.0 Å². The van der Waals surface area contributed by atoms with Crippen LogP contribution in [0.1, 0.15) is 5.56 Å². The highest BCUT2D eigenvalue weighted by Gasteiger charge is 2.11. The number of anilines is 2. The van der Waals surface area contributed by atoms with Crippen molar-refractivity contribution >= 4 is 39.2 Å². The van der Waals surface area contributed by atoms with Gasteiger partial charge in [-0.2, -0.15) is 0 Å². The van der Waals surface area contributed by atoms with Gasteiger partial charge in [-0.25, -0.2) is 4.79 Å². The van der Waals surface area contributed by atoms with Gasteiger partial charge in [0.15, 0.2) is 0 Å². The van der Waals surface area contributed by atoms with E-state index in [1.165, 1.54) is 0 Å². The molecule has 0 bridgehead atoms. The molecule has 0 saturated carbocycles. The summed E-state index contributed by atoms with van der Waals surface area (Å²) in [6.07, 6.45) is 3.45. The molecule has 2 aromatic carbocycles. The molecular weight excluding hydrogens is 312 g/mol. The fourth-order valence-corrected chi connectivity index (χ4v) is 2.82. The van der Waals surface area contributed by atoms with E-state index in [4.69, 9.17) is 0 Å². The number of fused-ring (bicyclic) bond motifs is 3. The number of urea groups is 1. The molecule has 2 heterocycles. The highest BCUT2D eigenvalue weighted by molar-refractivity contribution is 6.13. The third kappa shape index (κ3) is 2.99. The van der Waals surface area contributed by atoms with Crippen molar-refractivity contribution in [2.75, 3.05) is 10.6 Å². The number of aromatic nitrogens is 2. The van der Waals surface area contributed by atoms with E-state index in [9.17, 15) is 4.79 Å². The van der Waals surface area contributed by atoms with Crippen molar-refractivity contribution in [2.24, 2.45) is 0 Å². The average Bonchev–Trinajstić information content (AvgIpc) is 2.64. The van der Waals surface area contributed by atoms with Crippen molar-refractivity contribution < 1.29 is 4.79 Å². The van der Waals surface area contributed by atoms with Crippen molar-refractivity contribution in [3.8, 4) is 0 Å². The lowest BCUT2D eigenvalue weighted by molar-refractivity contribution is 0.262. The summed E-state index contributed by atoms with van der Waals surface area (Å²) in [4.78, 5) is 21.2. The molecule has 2 N–H and O–H groups in total. The standard InChI is InChI=1S/C20H16N4O/c1-13-6-8-14(9-7-13)23-20(25)24-18-12-17-15(4-2-10-21-17)16-5-3-11-22-19(16)18/h2-12H,1H3,(H2,23,24,25). The summed E-state index contributed by atoms with van der Waals surface area (Å²) in [5.41, 5.74) is 4.06. The zero-order valence-corrected chi connectivity index (χ0v) is 13.7. The number of rotatable bonds is 2. The van der Waals surface area contributed by atoms with E-state index in [1.54, 1.807) is 12.4 Å². The zero-order chi connectivity index (χ0) is 17.2. The second-order valence-electron chi connectivity index (χ2n) is 5.84. The molecule has 2 amide bonds. The number of carbonyl (C=O) groups is 1. The quantitative estimate of drug-likeness (QED) is 0.522. The molecule has 122 valence electrons. The molecule has 0 fully saturated rings. The molecule has 0 aliphatic heterocycles. The maximum atomic E-state index is 12.4. The molecule has 0 spiro atoms. The molecule has 0 unspecified atom stereocenters. The second kappa shape index (κ2) is 6.20. The third-order valence-electron chi connectivity index (χ3n) is 4.03. The number of aryl methyl sites for hydroxylation is 1. The molecular formula is C20H16N4O. The normalized spacial score (nSPS) is 10.8. The first-order chi connectivity index (χ1) is 12.2. The van der Waals surface area contributed by atoms with E-state index in [0.717, 1.165) is 33.1 Å². The van der Waals surface area contributed by atoms with Gasteiger partial charge in [0, 0.05) is 28.9 Å². The third-order valence-corrected chi connectivity index (χ3v) is 4.03. The summed E-state index contributed by atoms with van der Waals surface area (Å²) in [6.45, 7) is 2.00. The van der Waals surface area contributed by atoms with Gasteiger partial charge in [-0.3, -0.25) is 9.97 Å². The maximum absolute atomic E-state index is 12.4. The Kier molecular flexibility index (Phi) is 3.74. The SMILES string of the molecule is Cc1ccc(NC(=O)Nc2cc3ncccc3c3cccnc23)cc1. The number of pyridine rings is 2. The zero-order valence-electron chi connectivity index (χ0n) is 13.7. The van der Waals surface area contributed by atoms with Crippen LogP contribution in [-0.2, 0) is 0 Å². The van der Waals surface area contributed by atoms with Crippen LogP contribution < -0.4 is 10.6 Å². The number of carbonyl (C=O) groups excluding carboxylic acids is 1. The molecule has 0 saturated heterocycles. The minimum Gasteiger partial charge on any atom is -0.308 e. The number of hydrogen-bond donors (Lipinski definition) is 2. The van der Waals surface area contributed by atoms with Gasteiger partial charge >= 0.3 is 6.03 Å². The highest BCUT2D eigenvalue weighted by atomic mass is 16.2. The van der Waals surface area contributed by atoms with Crippen molar-refractivity contribution in [1.29, 1.82) is 0 Å². The lowest BCUT2D eigenvalue weighted by Crippen LogP contribution is -2.19. The van der Waals surface area contributed by atoms with E-state index in [0.29, 0.717) is 5.69 Å². The topological polar surface area (TPSA) is 66.9 Å². The number of amides is 2. The monoisotopic (exact) mass is 328 g/mol. The summed E-state index contributed by atoms with van der Waals surface area (Å²) in [5, 5.41) is 7.69. The van der Waals surface area contributed by atoms with Crippen LogP contribution in [0.2, 0.25) is 0 Å². The Hall–Kier alpha value is -3.47. The summed E-state index contributed by atoms with van der Waals surface area (Å²) >= 11 is 0. The fourth-order valence-electron chi connectivity index (χ4n) is 2.82. The van der Waals surface area contributed by atoms with Gasteiger partial charge in [0.2, 0.25) is 0 Å². The molecule has 2 aromatic heterocycles. The lowest BCUT2D eigenvalue weighted by Gasteiger charge is -2.11. The first-order valence-electron chi connectivity index (χ1n) is 7.98. The number of nitrogens with zero attached hydrogens (tertiary/aromatic N) is 2. The fraction of sp³-hybridized carbons (Fsp3) is 0.0500. The Morgan fingerprint density at radius 3 is 2.40 bits per heavy atom. The summed E-state index contributed by atoms with van der Waals surface area (Å²) in [5.74, 6) is 0. The Labute approximate surface area is 144 Å². The molecule has 4 aromatic rings. The van der Waals surface area contributed by atoms with Crippen molar-refractivity contribution in [2.45, 2.75) is 6.92 Å². The smallest absolute Gasteiger partial charge is 0.308 e. The molecule has 25 heavy (non-hydrogen) atoms. The highest BCUT2D eigenvalue weighted by Crippen LogP contribution is 2.29. The molecule has 4 rings (SSSR count). The predicted octanol–water partition coefficient (Wildman–Crippen LogP) is 4.74. The van der Waals surface area contributed by atoms with Crippen LogP contribution in [0.5, 0.6) is 0 Å². The van der Waals surface area contributed by atoms with Crippen LogP contribution >= 0.6 is 0 Å². The van der Waals surface area contributed by atoms with Gasteiger partial charge in [-0.1, -0.05) is 29.8 Å². The first kappa shape index (κ1) is 15.1. The average molecular weight is 328 g/mol. The van der Waals surface area contributed by atoms with Gasteiger partial charge < -0.3 is 10.6 Å². The minimum absolute atomic E-state index is 0.314. The maximum Gasteiger partial charge on any atom is 0.323 e. The largest absolute Gasteiger partial charge is 0.323 e. The van der Waals surface area contributed by atoms with Crippen molar-refractivity contribution in [1.82, 2.24) is 9.97 Å². The predicted molar refractivity (Wildman–Crippen MR) is 101 cm³/mol. The molecule has 0 aliphatic carbocycles. The first-order valence-corrected chi connectivity index (χ1v) is 7.98. The van der Waals surface area contributed by atoms with Gasteiger partial charge in [0.25, 0.3) is 0 Å². The van der Waals surface area contributed by atoms with Crippen LogP contribution in [0.3, 0.4) is 0 Å². The van der Waals surface area contributed by atoms with E-state index in [2.05, 4.69) is 20.6 Å². The Morgan fingerprint density at radius 1 is 0.880 bits per heavy atom. The van der Waals surface area contributed by atoms with Gasteiger partial charge in [0.1, 0.15) is 0 Å². The number of hydrogen-bond acceptors (Lipinski definition) is 3. The van der Waals surface area contributed by atoms with E-state index >= 15 is 0 Å². The Morgan fingerprint density at radius 2 is 1.60 bits per heavy atom. The van der Waals surface area contributed by atoms with Crippen molar-refractivity contribution in [3.05, 3.63) is 72.6 Å². The molecule has 0 aliphatic rings. The second-order valence-corrected chi connectivity index (χ2v) is 5.84. The number of benzene rings is 2. The summed E-state index contributed by atoms with van der Waals surface area (Å²) < 4.78 is 0. The van der Waals surface area contributed by atoms with Gasteiger partial charge in [-0.05, 0) is 37.3 Å². The Balaban J connectivity index is 1.70. The van der Waals surface area contributed by atoms with Gasteiger partial charge in [-0.15, -0.1) is 0 Å². The molecule has 5 nitrogen and oxygen atoms in total. The summed E-state index contributed by atoms with van der Waals surface area (Å²) in [7, 11) is 0. The molecule has 5 heteroatoms. The molecule has 0 atom stereocenters. The van der Waals surface area contributed by atoms with E-state index in [-0.39, 0.29) is 6.03 Å². The Bertz CT molecular complexity index is 1070. The van der Waals surface area contributed by atoms with Crippen LogP contribution in [0.25, 0.3) is 21.8 Å². The summed E-state index contributed by atoms with van der Waals surface area (Å²) in [6, 6.07) is 16.9. The van der Waals surface area contributed by atoms with Crippen LogP contribution in [0.4, 0.5) is 16.2 Å². The lowest BCUT2D eigenvalue weighted by atomic mass is 10.1. The molecule has 0 radical (unpaired) electrons. The van der Waals surface area contributed by atoms with Crippen LogP contribution in [0.15, 0.2) is 67.0 Å². The van der Waals surface area contributed by atoms with E-state index in [1.807, 2.05) is 61.5 Å². The number of nitrogens with one attached hydrogen (secondary N) is 2. The van der Waals surface area contributed by atoms with Crippen molar-refractivity contribution in [3.63, 3.8) is 0 Å². The van der Waals surface area contributed by atoms with Crippen LogP contribution in [0, 0.1) is 6.92 Å². The van der Waals surface area contributed by atoms with Gasteiger partial charge in [0.05, 0.1) is 16.7 Å². The van der Waals surface area contributed by atoms with E-state index < -0.39 is 0 Å².